The van der Waals surface area contributed by atoms with Gasteiger partial charge in [-0.3, -0.25) is 10.1 Å². The van der Waals surface area contributed by atoms with Crippen LogP contribution in [-0.2, 0) is 10.0 Å². The highest BCUT2D eigenvalue weighted by Crippen LogP contribution is 2.24. The Morgan fingerprint density at radius 1 is 1.07 bits per heavy atom. The molecular weight excluding hydrogens is 412 g/mol. The summed E-state index contributed by atoms with van der Waals surface area (Å²) in [6, 6.07) is 13.6. The van der Waals surface area contributed by atoms with Gasteiger partial charge in [-0.1, -0.05) is 41.2 Å². The van der Waals surface area contributed by atoms with Crippen LogP contribution in [0.2, 0.25) is 0 Å². The quantitative estimate of drug-likeness (QED) is 0.555. The van der Waals surface area contributed by atoms with E-state index in [-0.39, 0.29) is 15.4 Å². The van der Waals surface area contributed by atoms with Crippen LogP contribution in [0.3, 0.4) is 0 Å². The lowest BCUT2D eigenvalue weighted by atomic mass is 10.1. The summed E-state index contributed by atoms with van der Waals surface area (Å²) in [5.74, 6) is 0.298. The summed E-state index contributed by atoms with van der Waals surface area (Å²) in [7, 11) is -2.33. The molecule has 8 nitrogen and oxygen atoms in total. The van der Waals surface area contributed by atoms with Gasteiger partial charge in [0.05, 0.1) is 7.11 Å². The predicted octanol–water partition coefficient (Wildman–Crippen LogP) is 3.15. The molecule has 2 aromatic carbocycles. The maximum absolute atomic E-state index is 12.6. The topological polar surface area (TPSA) is 110 Å². The Labute approximate surface area is 173 Å². The highest BCUT2D eigenvalue weighted by molar-refractivity contribution is 7.91. The fourth-order valence-corrected chi connectivity index (χ4v) is 4.63. The summed E-state index contributed by atoms with van der Waals surface area (Å²) in [6.45, 7) is 3.64. The van der Waals surface area contributed by atoms with Crippen molar-refractivity contribution in [1.82, 2.24) is 14.9 Å². The first-order chi connectivity index (χ1) is 13.8. The summed E-state index contributed by atoms with van der Waals surface area (Å²) in [5.41, 5.74) is 2.25. The van der Waals surface area contributed by atoms with E-state index in [0.717, 1.165) is 22.5 Å². The number of nitrogens with one attached hydrogen (secondary N) is 2. The van der Waals surface area contributed by atoms with Crippen LogP contribution in [0, 0.1) is 6.92 Å². The Hall–Kier alpha value is -2.82. The van der Waals surface area contributed by atoms with Crippen molar-refractivity contribution < 1.29 is 17.9 Å². The molecule has 0 fully saturated rings. The fraction of sp³-hybridized carbons (Fsp3) is 0.211. The molecule has 2 N–H and O–H groups in total. The van der Waals surface area contributed by atoms with E-state index < -0.39 is 16.1 Å². The van der Waals surface area contributed by atoms with Gasteiger partial charge in [-0.2, -0.15) is 0 Å². The van der Waals surface area contributed by atoms with Crippen molar-refractivity contribution in [2.24, 2.45) is 0 Å². The first-order valence-electron chi connectivity index (χ1n) is 8.66. The number of amides is 1. The van der Waals surface area contributed by atoms with Crippen LogP contribution >= 0.6 is 11.3 Å². The van der Waals surface area contributed by atoms with Crippen molar-refractivity contribution in [2.45, 2.75) is 24.2 Å². The number of nitrogens with zero attached hydrogens (tertiary/aromatic N) is 2. The maximum Gasteiger partial charge on any atom is 0.270 e. The molecule has 29 heavy (non-hydrogen) atoms. The monoisotopic (exact) mass is 432 g/mol. The van der Waals surface area contributed by atoms with Gasteiger partial charge in [0, 0.05) is 11.6 Å². The van der Waals surface area contributed by atoms with Crippen LogP contribution in [0.5, 0.6) is 5.75 Å². The van der Waals surface area contributed by atoms with Crippen molar-refractivity contribution in [2.75, 3.05) is 12.4 Å². The van der Waals surface area contributed by atoms with E-state index in [9.17, 15) is 13.2 Å². The van der Waals surface area contributed by atoms with Gasteiger partial charge in [0.2, 0.25) is 9.47 Å². The molecule has 1 atom stereocenters. The SMILES string of the molecule is COc1ccc([C@H](C)NS(=O)(=O)c2nnc(NC(=O)c3ccc(C)cc3)s2)cc1. The third-order valence-electron chi connectivity index (χ3n) is 4.12. The largest absolute Gasteiger partial charge is 0.497 e. The smallest absolute Gasteiger partial charge is 0.270 e. The molecule has 3 rings (SSSR count). The third kappa shape index (κ3) is 5.17. The molecule has 3 aromatic rings. The van der Waals surface area contributed by atoms with Gasteiger partial charge in [0.25, 0.3) is 15.9 Å². The molecule has 0 bridgehead atoms. The molecular formula is C19H20N4O4S2. The predicted molar refractivity (Wildman–Crippen MR) is 111 cm³/mol. The van der Waals surface area contributed by atoms with Crippen LogP contribution in [0.1, 0.15) is 34.5 Å². The van der Waals surface area contributed by atoms with Crippen LogP contribution in [-0.4, -0.2) is 31.6 Å². The highest BCUT2D eigenvalue weighted by Gasteiger charge is 2.24. The van der Waals surface area contributed by atoms with Gasteiger partial charge in [0.15, 0.2) is 0 Å². The number of sulfonamides is 1. The van der Waals surface area contributed by atoms with Gasteiger partial charge in [-0.15, -0.1) is 10.2 Å². The lowest BCUT2D eigenvalue weighted by Gasteiger charge is -2.13. The zero-order valence-corrected chi connectivity index (χ0v) is 17.7. The first-order valence-corrected chi connectivity index (χ1v) is 11.0. The Morgan fingerprint density at radius 3 is 2.34 bits per heavy atom. The number of methoxy groups -OCH3 is 1. The highest BCUT2D eigenvalue weighted by atomic mass is 32.2. The normalized spacial score (nSPS) is 12.4. The summed E-state index contributed by atoms with van der Waals surface area (Å²) in [4.78, 5) is 12.3. The molecule has 0 unspecified atom stereocenters. The van der Waals surface area contributed by atoms with Crippen LogP contribution in [0.25, 0.3) is 0 Å². The second-order valence-electron chi connectivity index (χ2n) is 6.31. The van der Waals surface area contributed by atoms with Gasteiger partial charge in [-0.25, -0.2) is 13.1 Å². The van der Waals surface area contributed by atoms with Crippen LogP contribution < -0.4 is 14.8 Å². The number of aromatic nitrogens is 2. The van der Waals surface area contributed by atoms with Crippen LogP contribution in [0.4, 0.5) is 5.13 Å². The molecule has 0 aliphatic carbocycles. The molecule has 0 aliphatic rings. The van der Waals surface area contributed by atoms with Gasteiger partial charge in [0.1, 0.15) is 5.75 Å². The molecule has 0 spiro atoms. The number of hydrogen-bond acceptors (Lipinski definition) is 7. The molecule has 0 aliphatic heterocycles. The maximum atomic E-state index is 12.6. The number of aryl methyl sites for hydroxylation is 1. The van der Waals surface area contributed by atoms with E-state index in [2.05, 4.69) is 20.2 Å². The van der Waals surface area contributed by atoms with Gasteiger partial charge < -0.3 is 4.74 Å². The third-order valence-corrected chi connectivity index (χ3v) is 6.87. The van der Waals surface area contributed by atoms with Crippen molar-refractivity contribution in [3.8, 4) is 5.75 Å². The summed E-state index contributed by atoms with van der Waals surface area (Å²) in [5, 5.41) is 10.1. The molecule has 1 heterocycles. The molecule has 1 amide bonds. The number of anilines is 1. The van der Waals surface area contributed by atoms with E-state index in [1.54, 1.807) is 50.4 Å². The zero-order chi connectivity index (χ0) is 21.0. The molecule has 10 heteroatoms. The number of carbonyl (C=O) groups excluding carboxylic acids is 1. The average molecular weight is 433 g/mol. The van der Waals surface area contributed by atoms with E-state index in [4.69, 9.17) is 4.74 Å². The minimum Gasteiger partial charge on any atom is -0.497 e. The number of rotatable bonds is 7. The second kappa shape index (κ2) is 8.68. The van der Waals surface area contributed by atoms with Gasteiger partial charge >= 0.3 is 0 Å². The van der Waals surface area contributed by atoms with Crippen molar-refractivity contribution in [1.29, 1.82) is 0 Å². The number of benzene rings is 2. The standard InChI is InChI=1S/C19H20N4O4S2/c1-12-4-6-15(7-5-12)17(24)20-18-21-22-19(28-18)29(25,26)23-13(2)14-8-10-16(27-3)11-9-14/h4-11,13,23H,1-3H3,(H,20,21,24)/t13-/m0/s1. The lowest BCUT2D eigenvalue weighted by molar-refractivity contribution is 0.102. The molecule has 0 radical (unpaired) electrons. The van der Waals surface area contributed by atoms with E-state index in [0.29, 0.717) is 11.3 Å². The molecule has 0 saturated heterocycles. The van der Waals surface area contributed by atoms with E-state index in [1.807, 2.05) is 19.1 Å². The number of ether oxygens (including phenoxy) is 1. The first kappa shape index (κ1) is 20.9. The molecule has 1 aromatic heterocycles. The Morgan fingerprint density at radius 2 is 1.72 bits per heavy atom. The van der Waals surface area contributed by atoms with Crippen molar-refractivity contribution >= 4 is 32.4 Å². The minimum atomic E-state index is -3.90. The van der Waals surface area contributed by atoms with E-state index >= 15 is 0 Å². The molecule has 0 saturated carbocycles. The average Bonchev–Trinajstić information content (AvgIpc) is 3.17. The summed E-state index contributed by atoms with van der Waals surface area (Å²) < 4.78 is 32.6. The van der Waals surface area contributed by atoms with Gasteiger partial charge in [-0.05, 0) is 43.7 Å². The summed E-state index contributed by atoms with van der Waals surface area (Å²) >= 11 is 0.785. The fourth-order valence-electron chi connectivity index (χ4n) is 2.49. The number of hydrogen-bond donors (Lipinski definition) is 2. The van der Waals surface area contributed by atoms with Crippen molar-refractivity contribution in [3.05, 3.63) is 65.2 Å². The minimum absolute atomic E-state index is 0.105. The molecule has 152 valence electrons. The number of carbonyl (C=O) groups is 1. The Kier molecular flexibility index (Phi) is 6.26. The van der Waals surface area contributed by atoms with Crippen LogP contribution in [0.15, 0.2) is 52.9 Å². The lowest BCUT2D eigenvalue weighted by Crippen LogP contribution is -2.26. The van der Waals surface area contributed by atoms with Crippen molar-refractivity contribution in [3.63, 3.8) is 0 Å². The summed E-state index contributed by atoms with van der Waals surface area (Å²) in [6.07, 6.45) is 0. The Balaban J connectivity index is 1.69. The second-order valence-corrected chi connectivity index (χ2v) is 9.17. The van der Waals surface area contributed by atoms with E-state index in [1.165, 1.54) is 0 Å². The Bertz CT molecular complexity index is 1090. The zero-order valence-electron chi connectivity index (χ0n) is 16.0.